The molecule has 0 fully saturated rings. The van der Waals surface area contributed by atoms with E-state index >= 15 is 0 Å². The molecule has 1 aliphatic carbocycles. The molecule has 2 aliphatic rings. The minimum absolute atomic E-state index is 0.466. The van der Waals surface area contributed by atoms with Gasteiger partial charge in [-0.25, -0.2) is 9.97 Å². The van der Waals surface area contributed by atoms with E-state index in [-0.39, 0.29) is 0 Å². The molecule has 1 aromatic carbocycles. The van der Waals surface area contributed by atoms with E-state index < -0.39 is 0 Å². The molecular weight excluding hydrogens is 222 g/mol. The SMILES string of the molecule is c1ccc2c(c1)CC(c1ncc3c(n1)CNC3)C2. The summed E-state index contributed by atoms with van der Waals surface area (Å²) in [6, 6.07) is 8.69. The molecule has 90 valence electrons. The Labute approximate surface area is 106 Å². The van der Waals surface area contributed by atoms with Gasteiger partial charge in [-0.2, -0.15) is 0 Å². The molecule has 4 rings (SSSR count). The fourth-order valence-electron chi connectivity index (χ4n) is 3.01. The van der Waals surface area contributed by atoms with Crippen molar-refractivity contribution in [1.82, 2.24) is 15.3 Å². The molecule has 18 heavy (non-hydrogen) atoms. The molecular formula is C15H15N3. The van der Waals surface area contributed by atoms with Crippen molar-refractivity contribution >= 4 is 0 Å². The molecule has 3 heteroatoms. The van der Waals surface area contributed by atoms with Crippen LogP contribution in [0.1, 0.15) is 34.1 Å². The second-order valence-corrected chi connectivity index (χ2v) is 5.18. The lowest BCUT2D eigenvalue weighted by Gasteiger charge is -2.08. The van der Waals surface area contributed by atoms with E-state index in [4.69, 9.17) is 4.98 Å². The van der Waals surface area contributed by atoms with Gasteiger partial charge in [0.25, 0.3) is 0 Å². The van der Waals surface area contributed by atoms with Crippen LogP contribution in [0.4, 0.5) is 0 Å². The van der Waals surface area contributed by atoms with Gasteiger partial charge in [0.15, 0.2) is 0 Å². The fourth-order valence-corrected chi connectivity index (χ4v) is 3.01. The first-order chi connectivity index (χ1) is 8.90. The van der Waals surface area contributed by atoms with Crippen molar-refractivity contribution in [2.24, 2.45) is 0 Å². The third kappa shape index (κ3) is 1.55. The standard InChI is InChI=1S/C15H15N3/c1-2-4-11-6-12(5-10(11)3-1)15-17-8-13-7-16-9-14(13)18-15/h1-4,8,12,16H,5-7,9H2. The topological polar surface area (TPSA) is 37.8 Å². The number of hydrogen-bond acceptors (Lipinski definition) is 3. The molecule has 0 spiro atoms. The number of rotatable bonds is 1. The Hall–Kier alpha value is -1.74. The largest absolute Gasteiger partial charge is 0.307 e. The summed E-state index contributed by atoms with van der Waals surface area (Å²) in [5, 5.41) is 3.32. The summed E-state index contributed by atoms with van der Waals surface area (Å²) in [6.45, 7) is 1.81. The Morgan fingerprint density at radius 3 is 2.56 bits per heavy atom. The molecule has 2 heterocycles. The highest BCUT2D eigenvalue weighted by Crippen LogP contribution is 2.32. The van der Waals surface area contributed by atoms with Gasteiger partial charge in [-0.15, -0.1) is 0 Å². The van der Waals surface area contributed by atoms with Crippen LogP contribution < -0.4 is 5.32 Å². The van der Waals surface area contributed by atoms with E-state index in [1.54, 1.807) is 0 Å². The van der Waals surface area contributed by atoms with E-state index in [0.717, 1.165) is 31.8 Å². The van der Waals surface area contributed by atoms with Gasteiger partial charge in [-0.1, -0.05) is 24.3 Å². The third-order valence-corrected chi connectivity index (χ3v) is 4.00. The molecule has 0 saturated heterocycles. The summed E-state index contributed by atoms with van der Waals surface area (Å²) in [4.78, 5) is 9.31. The minimum atomic E-state index is 0.466. The molecule has 0 unspecified atom stereocenters. The summed E-state index contributed by atoms with van der Waals surface area (Å²) >= 11 is 0. The summed E-state index contributed by atoms with van der Waals surface area (Å²) in [6.07, 6.45) is 4.17. The molecule has 0 radical (unpaired) electrons. The van der Waals surface area contributed by atoms with Gasteiger partial charge in [0, 0.05) is 30.8 Å². The van der Waals surface area contributed by atoms with Gasteiger partial charge in [0.1, 0.15) is 5.82 Å². The molecule has 0 bridgehead atoms. The molecule has 2 aromatic rings. The minimum Gasteiger partial charge on any atom is -0.307 e. The molecule has 0 atom stereocenters. The highest BCUT2D eigenvalue weighted by molar-refractivity contribution is 5.35. The Morgan fingerprint density at radius 2 is 1.78 bits per heavy atom. The van der Waals surface area contributed by atoms with Gasteiger partial charge >= 0.3 is 0 Å². The maximum atomic E-state index is 4.74. The van der Waals surface area contributed by atoms with Gasteiger partial charge in [-0.3, -0.25) is 0 Å². The Balaban J connectivity index is 1.66. The molecule has 0 saturated carbocycles. The molecule has 3 nitrogen and oxygen atoms in total. The summed E-state index contributed by atoms with van der Waals surface area (Å²) in [5.74, 6) is 1.49. The quantitative estimate of drug-likeness (QED) is 0.824. The smallest absolute Gasteiger partial charge is 0.132 e. The van der Waals surface area contributed by atoms with Gasteiger partial charge in [0.05, 0.1) is 5.69 Å². The average molecular weight is 237 g/mol. The van der Waals surface area contributed by atoms with Crippen LogP contribution in [0, 0.1) is 0 Å². The highest BCUT2D eigenvalue weighted by Gasteiger charge is 2.25. The molecule has 1 aliphatic heterocycles. The zero-order valence-corrected chi connectivity index (χ0v) is 10.2. The second kappa shape index (κ2) is 3.89. The van der Waals surface area contributed by atoms with Crippen LogP contribution >= 0.6 is 0 Å². The summed E-state index contributed by atoms with van der Waals surface area (Å²) in [5.41, 5.74) is 5.37. The zero-order valence-electron chi connectivity index (χ0n) is 10.2. The van der Waals surface area contributed by atoms with Crippen molar-refractivity contribution < 1.29 is 0 Å². The van der Waals surface area contributed by atoms with Crippen LogP contribution in [0.3, 0.4) is 0 Å². The van der Waals surface area contributed by atoms with Crippen molar-refractivity contribution in [3.8, 4) is 0 Å². The Morgan fingerprint density at radius 1 is 1.00 bits per heavy atom. The average Bonchev–Trinajstić information content (AvgIpc) is 3.04. The van der Waals surface area contributed by atoms with Crippen LogP contribution in [0.15, 0.2) is 30.5 Å². The lowest BCUT2D eigenvalue weighted by atomic mass is 10.1. The molecule has 0 amide bonds. The first kappa shape index (κ1) is 10.2. The van der Waals surface area contributed by atoms with Gasteiger partial charge in [-0.05, 0) is 24.0 Å². The number of hydrogen-bond donors (Lipinski definition) is 1. The van der Waals surface area contributed by atoms with Crippen molar-refractivity contribution in [3.63, 3.8) is 0 Å². The van der Waals surface area contributed by atoms with E-state index in [2.05, 4.69) is 34.6 Å². The molecule has 1 aromatic heterocycles. The highest BCUT2D eigenvalue weighted by atomic mass is 15.0. The van der Waals surface area contributed by atoms with Crippen LogP contribution in [0.5, 0.6) is 0 Å². The summed E-state index contributed by atoms with van der Waals surface area (Å²) < 4.78 is 0. The number of benzene rings is 1. The van der Waals surface area contributed by atoms with E-state index in [1.807, 2.05) is 6.20 Å². The first-order valence-electron chi connectivity index (χ1n) is 6.52. The van der Waals surface area contributed by atoms with Crippen LogP contribution in [-0.4, -0.2) is 9.97 Å². The predicted octanol–water partition coefficient (Wildman–Crippen LogP) is 1.96. The number of nitrogens with one attached hydrogen (secondary N) is 1. The van der Waals surface area contributed by atoms with Crippen molar-refractivity contribution in [3.05, 3.63) is 58.7 Å². The van der Waals surface area contributed by atoms with Crippen molar-refractivity contribution in [2.75, 3.05) is 0 Å². The first-order valence-corrected chi connectivity index (χ1v) is 6.52. The van der Waals surface area contributed by atoms with Crippen molar-refractivity contribution in [2.45, 2.75) is 31.8 Å². The van der Waals surface area contributed by atoms with Crippen LogP contribution in [-0.2, 0) is 25.9 Å². The van der Waals surface area contributed by atoms with Crippen molar-refractivity contribution in [1.29, 1.82) is 0 Å². The monoisotopic (exact) mass is 237 g/mol. The van der Waals surface area contributed by atoms with Crippen LogP contribution in [0.2, 0.25) is 0 Å². The lowest BCUT2D eigenvalue weighted by molar-refractivity contribution is 0.673. The third-order valence-electron chi connectivity index (χ3n) is 4.00. The molecule has 1 N–H and O–H groups in total. The van der Waals surface area contributed by atoms with E-state index in [9.17, 15) is 0 Å². The normalized spacial score (nSPS) is 17.8. The predicted molar refractivity (Wildman–Crippen MR) is 69.2 cm³/mol. The van der Waals surface area contributed by atoms with Gasteiger partial charge < -0.3 is 5.32 Å². The Bertz CT molecular complexity index is 581. The fraction of sp³-hybridized carbons (Fsp3) is 0.333. The number of aromatic nitrogens is 2. The lowest BCUT2D eigenvalue weighted by Crippen LogP contribution is -2.07. The van der Waals surface area contributed by atoms with E-state index in [0.29, 0.717) is 5.92 Å². The number of fused-ring (bicyclic) bond motifs is 2. The summed E-state index contributed by atoms with van der Waals surface area (Å²) in [7, 11) is 0. The van der Waals surface area contributed by atoms with E-state index in [1.165, 1.54) is 22.4 Å². The zero-order chi connectivity index (χ0) is 11.9. The van der Waals surface area contributed by atoms with Gasteiger partial charge in [0.2, 0.25) is 0 Å². The maximum Gasteiger partial charge on any atom is 0.132 e. The van der Waals surface area contributed by atoms with Crippen LogP contribution in [0.25, 0.3) is 0 Å². The Kier molecular flexibility index (Phi) is 2.20. The number of nitrogens with zero attached hydrogens (tertiary/aromatic N) is 2. The second-order valence-electron chi connectivity index (χ2n) is 5.18. The maximum absolute atomic E-state index is 4.74.